The molecule has 14 heavy (non-hydrogen) atoms. The summed E-state index contributed by atoms with van der Waals surface area (Å²) in [5, 5.41) is 1.93. The van der Waals surface area contributed by atoms with Gasteiger partial charge in [-0.1, -0.05) is 6.07 Å². The normalized spacial score (nSPS) is 17.9. The number of nitrogens with zero attached hydrogens (tertiary/aromatic N) is 1. The maximum absolute atomic E-state index is 11.9. The van der Waals surface area contributed by atoms with Gasteiger partial charge in [0, 0.05) is 19.7 Å². The lowest BCUT2D eigenvalue weighted by Crippen LogP contribution is -2.32. The van der Waals surface area contributed by atoms with Crippen LogP contribution in [0.5, 0.6) is 0 Å². The molecule has 0 spiro atoms. The quantitative estimate of drug-likeness (QED) is 0.706. The Kier molecular flexibility index (Phi) is 3.16. The van der Waals surface area contributed by atoms with E-state index in [1.165, 1.54) is 11.3 Å². The standard InChI is InChI=1S/C10H13NO2S/c12-10(9-3-1-8-14-9)11-4-2-6-13-7-5-11/h1,3,8H,2,4-7H2. The fourth-order valence-corrected chi connectivity index (χ4v) is 2.20. The van der Waals surface area contributed by atoms with Crippen LogP contribution in [0.2, 0.25) is 0 Å². The third-order valence-corrected chi connectivity index (χ3v) is 3.10. The largest absolute Gasteiger partial charge is 0.380 e. The van der Waals surface area contributed by atoms with Crippen LogP contribution in [0.1, 0.15) is 16.1 Å². The highest BCUT2D eigenvalue weighted by Crippen LogP contribution is 2.13. The molecule has 0 unspecified atom stereocenters. The van der Waals surface area contributed by atoms with Crippen molar-refractivity contribution in [3.63, 3.8) is 0 Å². The van der Waals surface area contributed by atoms with Crippen LogP contribution in [0.25, 0.3) is 0 Å². The van der Waals surface area contributed by atoms with Gasteiger partial charge in [0.25, 0.3) is 5.91 Å². The van der Waals surface area contributed by atoms with Crippen molar-refractivity contribution in [3.05, 3.63) is 22.4 Å². The molecular formula is C10H13NO2S. The van der Waals surface area contributed by atoms with E-state index in [0.717, 1.165) is 31.0 Å². The smallest absolute Gasteiger partial charge is 0.263 e. The molecule has 0 saturated carbocycles. The summed E-state index contributed by atoms with van der Waals surface area (Å²) in [6, 6.07) is 3.78. The van der Waals surface area contributed by atoms with Gasteiger partial charge < -0.3 is 9.64 Å². The molecule has 0 aromatic carbocycles. The van der Waals surface area contributed by atoms with E-state index in [-0.39, 0.29) is 5.91 Å². The fourth-order valence-electron chi connectivity index (χ4n) is 1.51. The Morgan fingerprint density at radius 3 is 3.14 bits per heavy atom. The predicted molar refractivity (Wildman–Crippen MR) is 55.7 cm³/mol. The predicted octanol–water partition coefficient (Wildman–Crippen LogP) is 1.61. The van der Waals surface area contributed by atoms with E-state index < -0.39 is 0 Å². The van der Waals surface area contributed by atoms with E-state index in [1.807, 2.05) is 22.4 Å². The summed E-state index contributed by atoms with van der Waals surface area (Å²) in [5.41, 5.74) is 0. The molecule has 1 saturated heterocycles. The van der Waals surface area contributed by atoms with E-state index >= 15 is 0 Å². The summed E-state index contributed by atoms with van der Waals surface area (Å²) in [5.74, 6) is 0.144. The second kappa shape index (κ2) is 4.57. The second-order valence-electron chi connectivity index (χ2n) is 3.24. The lowest BCUT2D eigenvalue weighted by molar-refractivity contribution is 0.0746. The molecule has 4 heteroatoms. The number of ether oxygens (including phenoxy) is 1. The van der Waals surface area contributed by atoms with Crippen molar-refractivity contribution in [2.24, 2.45) is 0 Å². The van der Waals surface area contributed by atoms with Crippen molar-refractivity contribution in [2.45, 2.75) is 6.42 Å². The zero-order valence-electron chi connectivity index (χ0n) is 7.94. The average Bonchev–Trinajstić information content (AvgIpc) is 2.59. The molecule has 0 bridgehead atoms. The van der Waals surface area contributed by atoms with Gasteiger partial charge in [-0.05, 0) is 17.9 Å². The number of rotatable bonds is 1. The van der Waals surface area contributed by atoms with Gasteiger partial charge in [0.1, 0.15) is 0 Å². The monoisotopic (exact) mass is 211 g/mol. The Balaban J connectivity index is 2.03. The van der Waals surface area contributed by atoms with E-state index in [1.54, 1.807) is 0 Å². The first-order valence-electron chi connectivity index (χ1n) is 4.78. The Hall–Kier alpha value is -0.870. The van der Waals surface area contributed by atoms with Crippen LogP contribution in [0.3, 0.4) is 0 Å². The number of carbonyl (C=O) groups excluding carboxylic acids is 1. The van der Waals surface area contributed by atoms with Gasteiger partial charge in [0.2, 0.25) is 0 Å². The summed E-state index contributed by atoms with van der Waals surface area (Å²) in [6.07, 6.45) is 0.942. The van der Waals surface area contributed by atoms with Crippen LogP contribution < -0.4 is 0 Å². The zero-order valence-corrected chi connectivity index (χ0v) is 8.76. The lowest BCUT2D eigenvalue weighted by atomic mass is 10.3. The van der Waals surface area contributed by atoms with Crippen molar-refractivity contribution >= 4 is 17.2 Å². The van der Waals surface area contributed by atoms with Gasteiger partial charge in [0.15, 0.2) is 0 Å². The molecule has 0 atom stereocenters. The van der Waals surface area contributed by atoms with Gasteiger partial charge in [-0.15, -0.1) is 11.3 Å². The van der Waals surface area contributed by atoms with E-state index in [2.05, 4.69) is 0 Å². The van der Waals surface area contributed by atoms with E-state index in [9.17, 15) is 4.79 Å². The third-order valence-electron chi connectivity index (χ3n) is 2.24. The highest BCUT2D eigenvalue weighted by Gasteiger charge is 2.17. The molecule has 1 aliphatic heterocycles. The first kappa shape index (κ1) is 9.68. The summed E-state index contributed by atoms with van der Waals surface area (Å²) < 4.78 is 5.30. The summed E-state index contributed by atoms with van der Waals surface area (Å²) in [7, 11) is 0. The van der Waals surface area contributed by atoms with Gasteiger partial charge in [-0.25, -0.2) is 0 Å². The van der Waals surface area contributed by atoms with Crippen LogP contribution in [0.4, 0.5) is 0 Å². The van der Waals surface area contributed by atoms with Gasteiger partial charge in [0.05, 0.1) is 11.5 Å². The van der Waals surface area contributed by atoms with Crippen LogP contribution in [0.15, 0.2) is 17.5 Å². The molecule has 2 heterocycles. The first-order chi connectivity index (χ1) is 6.88. The molecule has 1 aliphatic rings. The van der Waals surface area contributed by atoms with Gasteiger partial charge in [-0.3, -0.25) is 4.79 Å². The molecule has 0 N–H and O–H groups in total. The number of thiophene rings is 1. The number of hydrogen-bond acceptors (Lipinski definition) is 3. The van der Waals surface area contributed by atoms with Crippen molar-refractivity contribution in [1.29, 1.82) is 0 Å². The maximum Gasteiger partial charge on any atom is 0.263 e. The topological polar surface area (TPSA) is 29.5 Å². The maximum atomic E-state index is 11.9. The molecule has 1 fully saturated rings. The minimum Gasteiger partial charge on any atom is -0.380 e. The highest BCUT2D eigenvalue weighted by atomic mass is 32.1. The molecule has 76 valence electrons. The molecular weight excluding hydrogens is 198 g/mol. The molecule has 0 aliphatic carbocycles. The molecule has 1 aromatic rings. The zero-order chi connectivity index (χ0) is 9.80. The van der Waals surface area contributed by atoms with Crippen LogP contribution >= 0.6 is 11.3 Å². The van der Waals surface area contributed by atoms with Crippen molar-refractivity contribution < 1.29 is 9.53 Å². The van der Waals surface area contributed by atoms with E-state index in [0.29, 0.717) is 6.61 Å². The third kappa shape index (κ3) is 2.13. The van der Waals surface area contributed by atoms with Crippen LogP contribution in [-0.4, -0.2) is 37.1 Å². The molecule has 1 aromatic heterocycles. The number of amides is 1. The van der Waals surface area contributed by atoms with Crippen LogP contribution in [-0.2, 0) is 4.74 Å². The Morgan fingerprint density at radius 1 is 1.43 bits per heavy atom. The van der Waals surface area contributed by atoms with Gasteiger partial charge in [-0.2, -0.15) is 0 Å². The van der Waals surface area contributed by atoms with Crippen molar-refractivity contribution in [3.8, 4) is 0 Å². The fraction of sp³-hybridized carbons (Fsp3) is 0.500. The minimum absolute atomic E-state index is 0.144. The minimum atomic E-state index is 0.144. The van der Waals surface area contributed by atoms with Crippen molar-refractivity contribution in [2.75, 3.05) is 26.3 Å². The molecule has 2 rings (SSSR count). The SMILES string of the molecule is O=C(c1cccs1)N1CCCOCC1. The molecule has 0 radical (unpaired) electrons. The second-order valence-corrected chi connectivity index (χ2v) is 4.18. The number of carbonyl (C=O) groups is 1. The molecule has 3 nitrogen and oxygen atoms in total. The summed E-state index contributed by atoms with van der Waals surface area (Å²) >= 11 is 1.50. The van der Waals surface area contributed by atoms with E-state index in [4.69, 9.17) is 4.74 Å². The summed E-state index contributed by atoms with van der Waals surface area (Å²) in [6.45, 7) is 2.97. The first-order valence-corrected chi connectivity index (χ1v) is 5.66. The Morgan fingerprint density at radius 2 is 2.36 bits per heavy atom. The van der Waals surface area contributed by atoms with Crippen molar-refractivity contribution in [1.82, 2.24) is 4.90 Å². The summed E-state index contributed by atoms with van der Waals surface area (Å²) in [4.78, 5) is 14.6. The van der Waals surface area contributed by atoms with Crippen LogP contribution in [0, 0.1) is 0 Å². The Bertz CT molecular complexity index is 289. The number of hydrogen-bond donors (Lipinski definition) is 0. The molecule has 1 amide bonds. The Labute approximate surface area is 87.3 Å². The average molecular weight is 211 g/mol. The van der Waals surface area contributed by atoms with Gasteiger partial charge >= 0.3 is 0 Å². The highest BCUT2D eigenvalue weighted by molar-refractivity contribution is 7.12. The lowest BCUT2D eigenvalue weighted by Gasteiger charge is -2.18.